The Morgan fingerprint density at radius 2 is 2.06 bits per heavy atom. The van der Waals surface area contributed by atoms with Gasteiger partial charge in [0.1, 0.15) is 33.3 Å². The Bertz CT molecular complexity index is 1310. The molecule has 3 heterocycles. The SMILES string of the molecule is CCn1c(=O)/c(=C\Nc2cccc(C(F)(F)CN3CCCC3)n2)s/c1=C(/C#N)C(=O)NCC#N. The number of alkyl halides is 2. The van der Waals surface area contributed by atoms with Gasteiger partial charge >= 0.3 is 5.92 Å². The summed E-state index contributed by atoms with van der Waals surface area (Å²) in [4.78, 5) is 30.7. The molecule has 0 aliphatic carbocycles. The Kier molecular flexibility index (Phi) is 8.10. The van der Waals surface area contributed by atoms with Gasteiger partial charge in [-0.3, -0.25) is 19.1 Å². The summed E-state index contributed by atoms with van der Waals surface area (Å²) >= 11 is 0.902. The zero-order chi connectivity index (χ0) is 24.7. The number of pyridine rings is 1. The number of amides is 1. The first-order valence-corrected chi connectivity index (χ1v) is 11.5. The third kappa shape index (κ3) is 5.65. The van der Waals surface area contributed by atoms with Crippen LogP contribution in [0.2, 0.25) is 0 Å². The first-order valence-electron chi connectivity index (χ1n) is 10.6. The average Bonchev–Trinajstić information content (AvgIpc) is 3.44. The Morgan fingerprint density at radius 1 is 1.32 bits per heavy atom. The van der Waals surface area contributed by atoms with E-state index in [9.17, 15) is 23.6 Å². The summed E-state index contributed by atoms with van der Waals surface area (Å²) in [6, 6.07) is 7.76. The van der Waals surface area contributed by atoms with Crippen molar-refractivity contribution in [2.45, 2.75) is 32.2 Å². The lowest BCUT2D eigenvalue weighted by atomic mass is 10.2. The van der Waals surface area contributed by atoms with Gasteiger partial charge in [0.05, 0.1) is 12.6 Å². The van der Waals surface area contributed by atoms with Gasteiger partial charge in [0.15, 0.2) is 5.57 Å². The molecular formula is C22H23F2N7O2S. The fraction of sp³-hybridized carbons (Fsp3) is 0.409. The van der Waals surface area contributed by atoms with Gasteiger partial charge in [-0.05, 0) is 45.0 Å². The number of hydrogen-bond acceptors (Lipinski definition) is 8. The van der Waals surface area contributed by atoms with Crippen molar-refractivity contribution in [2.24, 2.45) is 0 Å². The highest BCUT2D eigenvalue weighted by Crippen LogP contribution is 2.29. The third-order valence-electron chi connectivity index (χ3n) is 5.20. The van der Waals surface area contributed by atoms with Gasteiger partial charge in [0.25, 0.3) is 11.5 Å². The number of hydrogen-bond donors (Lipinski definition) is 2. The van der Waals surface area contributed by atoms with Crippen molar-refractivity contribution in [1.29, 1.82) is 10.5 Å². The highest BCUT2D eigenvalue weighted by molar-refractivity contribution is 7.07. The second-order valence-corrected chi connectivity index (χ2v) is 8.56. The van der Waals surface area contributed by atoms with E-state index < -0.39 is 23.9 Å². The zero-order valence-electron chi connectivity index (χ0n) is 18.5. The molecular weight excluding hydrogens is 464 g/mol. The predicted molar refractivity (Wildman–Crippen MR) is 123 cm³/mol. The average molecular weight is 488 g/mol. The molecule has 34 heavy (non-hydrogen) atoms. The van der Waals surface area contributed by atoms with Crippen molar-refractivity contribution in [3.63, 3.8) is 0 Å². The smallest absolute Gasteiger partial charge is 0.302 e. The fourth-order valence-electron chi connectivity index (χ4n) is 3.56. The maximum Gasteiger partial charge on any atom is 0.302 e. The van der Waals surface area contributed by atoms with Crippen LogP contribution in [0.1, 0.15) is 25.5 Å². The lowest BCUT2D eigenvalue weighted by Gasteiger charge is -2.22. The van der Waals surface area contributed by atoms with Gasteiger partial charge in [0.2, 0.25) is 0 Å². The molecule has 12 heteroatoms. The molecule has 0 radical (unpaired) electrons. The number of nitriles is 2. The topological polar surface area (TPSA) is 127 Å². The number of carbonyl (C=O) groups is 1. The highest BCUT2D eigenvalue weighted by atomic mass is 32.1. The number of thiazole rings is 1. The summed E-state index contributed by atoms with van der Waals surface area (Å²) in [5.41, 5.74) is -1.11. The fourth-order valence-corrected chi connectivity index (χ4v) is 4.64. The Labute approximate surface area is 198 Å². The van der Waals surface area contributed by atoms with Crippen molar-refractivity contribution in [3.05, 3.63) is 43.4 Å². The van der Waals surface area contributed by atoms with E-state index in [1.54, 1.807) is 24.0 Å². The van der Waals surface area contributed by atoms with Crippen molar-refractivity contribution < 1.29 is 13.6 Å². The van der Waals surface area contributed by atoms with Crippen LogP contribution in [0.25, 0.3) is 11.8 Å². The number of aromatic nitrogens is 2. The van der Waals surface area contributed by atoms with Crippen molar-refractivity contribution in [3.8, 4) is 12.1 Å². The van der Waals surface area contributed by atoms with E-state index in [1.165, 1.54) is 29.0 Å². The van der Waals surface area contributed by atoms with Crippen molar-refractivity contribution in [2.75, 3.05) is 31.5 Å². The largest absolute Gasteiger partial charge is 0.345 e. The molecule has 2 aromatic rings. The van der Waals surface area contributed by atoms with Gasteiger partial charge < -0.3 is 10.6 Å². The molecule has 2 aromatic heterocycles. The molecule has 2 N–H and O–H groups in total. The summed E-state index contributed by atoms with van der Waals surface area (Å²) in [7, 11) is 0. The summed E-state index contributed by atoms with van der Waals surface area (Å²) < 4.78 is 31.0. The lowest BCUT2D eigenvalue weighted by Crippen LogP contribution is -2.34. The van der Waals surface area contributed by atoms with Crippen LogP contribution in [-0.4, -0.2) is 46.5 Å². The molecule has 1 amide bonds. The molecule has 0 saturated carbocycles. The Balaban J connectivity index is 1.92. The van der Waals surface area contributed by atoms with Gasteiger partial charge in [0, 0.05) is 12.7 Å². The van der Waals surface area contributed by atoms with Gasteiger partial charge in [-0.1, -0.05) is 6.07 Å². The van der Waals surface area contributed by atoms with Crippen LogP contribution in [0.3, 0.4) is 0 Å². The van der Waals surface area contributed by atoms with E-state index in [0.29, 0.717) is 13.1 Å². The van der Waals surface area contributed by atoms with Crippen LogP contribution in [-0.2, 0) is 17.3 Å². The van der Waals surface area contributed by atoms with E-state index in [-0.39, 0.29) is 39.4 Å². The number of anilines is 1. The van der Waals surface area contributed by atoms with Gasteiger partial charge in [-0.15, -0.1) is 11.3 Å². The first kappa shape index (κ1) is 25.0. The molecule has 0 unspecified atom stereocenters. The third-order valence-corrected chi connectivity index (χ3v) is 6.33. The van der Waals surface area contributed by atoms with Gasteiger partial charge in [-0.2, -0.15) is 19.3 Å². The summed E-state index contributed by atoms with van der Waals surface area (Å²) in [5, 5.41) is 23.1. The first-order chi connectivity index (χ1) is 16.3. The number of nitrogens with zero attached hydrogens (tertiary/aromatic N) is 5. The van der Waals surface area contributed by atoms with Crippen LogP contribution in [0, 0.1) is 22.7 Å². The molecule has 1 aliphatic rings. The maximum absolute atomic E-state index is 14.7. The molecule has 3 rings (SSSR count). The molecule has 1 aliphatic heterocycles. The molecule has 9 nitrogen and oxygen atoms in total. The van der Waals surface area contributed by atoms with E-state index in [1.807, 2.05) is 0 Å². The second-order valence-electron chi connectivity index (χ2n) is 7.53. The maximum atomic E-state index is 14.7. The van der Waals surface area contributed by atoms with Crippen LogP contribution < -0.4 is 25.4 Å². The molecule has 1 fully saturated rings. The second kappa shape index (κ2) is 11.0. The van der Waals surface area contributed by atoms with E-state index >= 15 is 0 Å². The van der Waals surface area contributed by atoms with E-state index in [0.717, 1.165) is 24.2 Å². The zero-order valence-corrected chi connectivity index (χ0v) is 19.3. The quantitative estimate of drug-likeness (QED) is 0.524. The summed E-state index contributed by atoms with van der Waals surface area (Å²) in [6.07, 6.45) is 3.13. The van der Waals surface area contributed by atoms with Crippen LogP contribution in [0.5, 0.6) is 0 Å². The molecule has 0 bridgehead atoms. The van der Waals surface area contributed by atoms with Crippen LogP contribution in [0.15, 0.2) is 23.0 Å². The van der Waals surface area contributed by atoms with Crippen molar-refractivity contribution in [1.82, 2.24) is 19.8 Å². The lowest BCUT2D eigenvalue weighted by molar-refractivity contribution is -0.115. The molecule has 0 aromatic carbocycles. The highest BCUT2D eigenvalue weighted by Gasteiger charge is 2.36. The number of likely N-dealkylation sites (tertiary alicyclic amines) is 1. The molecule has 1 saturated heterocycles. The number of carbonyl (C=O) groups excluding carboxylic acids is 1. The van der Waals surface area contributed by atoms with Crippen molar-refractivity contribution >= 4 is 34.8 Å². The molecule has 0 atom stereocenters. The molecule has 178 valence electrons. The number of halogens is 2. The summed E-state index contributed by atoms with van der Waals surface area (Å²) in [5.74, 6) is -3.76. The van der Waals surface area contributed by atoms with E-state index in [4.69, 9.17) is 5.26 Å². The predicted octanol–water partition coefficient (Wildman–Crippen LogP) is 0.676. The summed E-state index contributed by atoms with van der Waals surface area (Å²) in [6.45, 7) is 2.49. The monoisotopic (exact) mass is 487 g/mol. The minimum atomic E-state index is -3.12. The van der Waals surface area contributed by atoms with Crippen LogP contribution >= 0.6 is 11.3 Å². The minimum absolute atomic E-state index is 0.132. The van der Waals surface area contributed by atoms with Gasteiger partial charge in [-0.25, -0.2) is 4.98 Å². The number of rotatable bonds is 8. The Hall–Kier alpha value is -3.61. The van der Waals surface area contributed by atoms with Crippen LogP contribution in [0.4, 0.5) is 14.6 Å². The molecule has 0 spiro atoms. The Morgan fingerprint density at radius 3 is 2.71 bits per heavy atom. The minimum Gasteiger partial charge on any atom is -0.345 e. The number of nitrogens with one attached hydrogen (secondary N) is 2. The standard InChI is InChI=1S/C22H23F2N7O2S/c1-2-31-20(33)16(34-21(31)15(12-26)19(32)27-9-8-25)13-28-18-7-5-6-17(29-18)22(23,24)14-30-10-3-4-11-30/h5-7,13H,2-4,9-11,14H2,1H3,(H,27,32)(H,28,29)/b16-13+,21-15-. The van der Waals surface area contributed by atoms with E-state index in [2.05, 4.69) is 15.6 Å². The normalized spacial score (nSPS) is 15.5.